The first-order chi connectivity index (χ1) is 16.9. The van der Waals surface area contributed by atoms with E-state index >= 15 is 0 Å². The van der Waals surface area contributed by atoms with Crippen molar-refractivity contribution in [3.8, 4) is 0 Å². The van der Waals surface area contributed by atoms with Crippen LogP contribution < -0.4 is 16.0 Å². The van der Waals surface area contributed by atoms with Gasteiger partial charge in [-0.2, -0.15) is 0 Å². The highest BCUT2D eigenvalue weighted by Gasteiger charge is 2.28. The minimum absolute atomic E-state index is 0.0140. The molecule has 3 rings (SSSR count). The Bertz CT molecular complexity index is 1200. The molecule has 2 aromatic carbocycles. The van der Waals surface area contributed by atoms with E-state index in [0.29, 0.717) is 11.9 Å². The zero-order valence-electron chi connectivity index (χ0n) is 19.5. The van der Waals surface area contributed by atoms with Gasteiger partial charge in [0.25, 0.3) is 0 Å². The number of hydrogen-bond acceptors (Lipinski definition) is 5. The molecule has 2 atom stereocenters. The Kier molecular flexibility index (Phi) is 8.89. The fraction of sp³-hybridized carbons (Fsp3) is 0.269. The van der Waals surface area contributed by atoms with Crippen LogP contribution in [0, 0.1) is 5.41 Å². The third kappa shape index (κ3) is 7.10. The first-order valence-corrected chi connectivity index (χ1v) is 11.4. The highest BCUT2D eigenvalue weighted by atomic mass is 16.2. The summed E-state index contributed by atoms with van der Waals surface area (Å²) in [5.74, 6) is -1.77. The van der Waals surface area contributed by atoms with Crippen molar-refractivity contribution in [2.75, 3.05) is 5.32 Å². The molecule has 0 aliphatic carbocycles. The van der Waals surface area contributed by atoms with Gasteiger partial charge >= 0.3 is 0 Å². The number of amides is 3. The average Bonchev–Trinajstić information content (AvgIpc) is 3.28. The van der Waals surface area contributed by atoms with E-state index in [-0.39, 0.29) is 31.6 Å². The van der Waals surface area contributed by atoms with Gasteiger partial charge in [-0.25, -0.2) is 0 Å². The molecular formula is C26H29N5O4. The number of para-hydroxylation sites is 2. The van der Waals surface area contributed by atoms with Crippen molar-refractivity contribution in [2.24, 2.45) is 0 Å². The Hall–Kier alpha value is -4.27. The summed E-state index contributed by atoms with van der Waals surface area (Å²) in [7, 11) is 0. The van der Waals surface area contributed by atoms with Crippen LogP contribution >= 0.6 is 0 Å². The van der Waals surface area contributed by atoms with Crippen LogP contribution in [-0.4, -0.2) is 46.8 Å². The highest BCUT2D eigenvalue weighted by molar-refractivity contribution is 6.26. The molecule has 0 radical (unpaired) electrons. The number of Topliss-reactive ketones (excluding diaryl/α,β-unsaturated/α-hetero) is 1. The van der Waals surface area contributed by atoms with Gasteiger partial charge in [0.05, 0.1) is 6.21 Å². The molecular weight excluding hydrogens is 446 g/mol. The van der Waals surface area contributed by atoms with E-state index in [0.717, 1.165) is 16.5 Å². The van der Waals surface area contributed by atoms with Crippen LogP contribution in [0.4, 0.5) is 5.69 Å². The third-order valence-corrected chi connectivity index (χ3v) is 5.59. The van der Waals surface area contributed by atoms with E-state index in [2.05, 4.69) is 20.9 Å². The minimum atomic E-state index is -1.03. The van der Waals surface area contributed by atoms with Gasteiger partial charge in [-0.1, -0.05) is 43.3 Å². The van der Waals surface area contributed by atoms with Crippen molar-refractivity contribution in [3.63, 3.8) is 0 Å². The van der Waals surface area contributed by atoms with E-state index in [4.69, 9.17) is 5.41 Å². The molecule has 3 aromatic rings. The molecule has 0 unspecified atom stereocenters. The largest absolute Gasteiger partial charge is 0.361 e. The molecule has 35 heavy (non-hydrogen) atoms. The molecule has 1 heterocycles. The SMILES string of the molecule is CCC(=O)N[C@@H](Cc1c[nH]c2ccccc12)C(=O)N[C@@H](CCC(=O)C=N)C(=O)Nc1ccccc1. The van der Waals surface area contributed by atoms with Crippen LogP contribution in [0.5, 0.6) is 0 Å². The summed E-state index contributed by atoms with van der Waals surface area (Å²) in [6, 6.07) is 14.4. The minimum Gasteiger partial charge on any atom is -0.361 e. The van der Waals surface area contributed by atoms with Gasteiger partial charge in [0.2, 0.25) is 17.7 Å². The summed E-state index contributed by atoms with van der Waals surface area (Å²) in [5.41, 5.74) is 2.31. The lowest BCUT2D eigenvalue weighted by Crippen LogP contribution is -2.53. The van der Waals surface area contributed by atoms with E-state index in [1.807, 2.05) is 30.3 Å². The van der Waals surface area contributed by atoms with E-state index < -0.39 is 29.7 Å². The number of aromatic nitrogens is 1. The highest BCUT2D eigenvalue weighted by Crippen LogP contribution is 2.19. The molecule has 5 N–H and O–H groups in total. The van der Waals surface area contributed by atoms with E-state index in [1.54, 1.807) is 37.4 Å². The Balaban J connectivity index is 1.80. The predicted octanol–water partition coefficient (Wildman–Crippen LogP) is 2.73. The molecule has 0 saturated heterocycles. The van der Waals surface area contributed by atoms with Gasteiger partial charge in [-0.15, -0.1) is 0 Å². The molecule has 1 aromatic heterocycles. The number of fused-ring (bicyclic) bond motifs is 1. The number of ketones is 1. The molecule has 0 aliphatic heterocycles. The summed E-state index contributed by atoms with van der Waals surface area (Å²) in [6.45, 7) is 1.69. The number of anilines is 1. The molecule has 3 amide bonds. The van der Waals surface area contributed by atoms with Crippen LogP contribution in [-0.2, 0) is 25.6 Å². The second-order valence-electron chi connectivity index (χ2n) is 8.10. The lowest BCUT2D eigenvalue weighted by atomic mass is 10.0. The van der Waals surface area contributed by atoms with Gasteiger partial charge in [0.1, 0.15) is 12.1 Å². The maximum Gasteiger partial charge on any atom is 0.246 e. The smallest absolute Gasteiger partial charge is 0.246 e. The normalized spacial score (nSPS) is 12.4. The first kappa shape index (κ1) is 25.4. The maximum absolute atomic E-state index is 13.3. The van der Waals surface area contributed by atoms with Crippen LogP contribution in [0.25, 0.3) is 10.9 Å². The summed E-state index contributed by atoms with van der Waals surface area (Å²) < 4.78 is 0. The third-order valence-electron chi connectivity index (χ3n) is 5.59. The van der Waals surface area contributed by atoms with Gasteiger partial charge < -0.3 is 26.3 Å². The predicted molar refractivity (Wildman–Crippen MR) is 134 cm³/mol. The Labute approximate surface area is 203 Å². The molecule has 0 saturated carbocycles. The number of hydrogen-bond donors (Lipinski definition) is 5. The zero-order valence-corrected chi connectivity index (χ0v) is 19.5. The summed E-state index contributed by atoms with van der Waals surface area (Å²) in [5, 5.41) is 16.2. The summed E-state index contributed by atoms with van der Waals surface area (Å²) >= 11 is 0. The quantitative estimate of drug-likeness (QED) is 0.257. The summed E-state index contributed by atoms with van der Waals surface area (Å²) in [4.78, 5) is 53.3. The lowest BCUT2D eigenvalue weighted by Gasteiger charge is -2.23. The van der Waals surface area contributed by atoms with Crippen molar-refractivity contribution >= 4 is 46.3 Å². The van der Waals surface area contributed by atoms with E-state index in [9.17, 15) is 19.2 Å². The van der Waals surface area contributed by atoms with Crippen LogP contribution in [0.2, 0.25) is 0 Å². The number of carbonyl (C=O) groups is 4. The standard InChI is InChI=1S/C26H29N5O4/c1-2-24(33)30-23(14-17-16-28-21-11-7-6-10-20(17)21)26(35)31-22(13-12-19(32)15-27)25(34)29-18-8-4-3-5-9-18/h3-11,15-16,22-23,27-28H,2,12-14H2,1H3,(H,29,34)(H,30,33)(H,31,35)/t22-,23-/m0/s1. The molecule has 182 valence electrons. The Morgan fingerprint density at radius 2 is 1.66 bits per heavy atom. The molecule has 9 nitrogen and oxygen atoms in total. The number of nitrogens with one attached hydrogen (secondary N) is 5. The fourth-order valence-electron chi connectivity index (χ4n) is 3.68. The average molecular weight is 476 g/mol. The van der Waals surface area contributed by atoms with Gasteiger partial charge in [0, 0.05) is 42.0 Å². The summed E-state index contributed by atoms with van der Waals surface area (Å²) in [6.07, 6.45) is 2.84. The van der Waals surface area contributed by atoms with E-state index in [1.165, 1.54) is 0 Å². The first-order valence-electron chi connectivity index (χ1n) is 11.4. The number of aromatic amines is 1. The zero-order chi connectivity index (χ0) is 25.2. The Morgan fingerprint density at radius 1 is 0.943 bits per heavy atom. The maximum atomic E-state index is 13.3. The second kappa shape index (κ2) is 12.3. The molecule has 9 heteroatoms. The van der Waals surface area contributed by atoms with Crippen molar-refractivity contribution < 1.29 is 19.2 Å². The molecule has 0 spiro atoms. The van der Waals surface area contributed by atoms with Crippen molar-refractivity contribution in [1.82, 2.24) is 15.6 Å². The number of H-pyrrole nitrogens is 1. The molecule has 0 fully saturated rings. The molecule has 0 aliphatic rings. The van der Waals surface area contributed by atoms with Crippen molar-refractivity contribution in [2.45, 2.75) is 44.7 Å². The fourth-order valence-corrected chi connectivity index (χ4v) is 3.68. The monoisotopic (exact) mass is 475 g/mol. The van der Waals surface area contributed by atoms with Crippen molar-refractivity contribution in [1.29, 1.82) is 5.41 Å². The molecule has 0 bridgehead atoms. The van der Waals surface area contributed by atoms with Crippen LogP contribution in [0.1, 0.15) is 31.7 Å². The van der Waals surface area contributed by atoms with Crippen LogP contribution in [0.15, 0.2) is 60.8 Å². The lowest BCUT2D eigenvalue weighted by molar-refractivity contribution is -0.131. The topological polar surface area (TPSA) is 144 Å². The van der Waals surface area contributed by atoms with Crippen LogP contribution in [0.3, 0.4) is 0 Å². The van der Waals surface area contributed by atoms with Gasteiger partial charge in [0.15, 0.2) is 5.78 Å². The second-order valence-corrected chi connectivity index (χ2v) is 8.10. The van der Waals surface area contributed by atoms with Gasteiger partial charge in [-0.3, -0.25) is 19.2 Å². The number of benzene rings is 2. The Morgan fingerprint density at radius 3 is 2.37 bits per heavy atom. The van der Waals surface area contributed by atoms with Gasteiger partial charge in [-0.05, 0) is 30.2 Å². The number of carbonyl (C=O) groups excluding carboxylic acids is 4. The number of rotatable bonds is 12. The van der Waals surface area contributed by atoms with Crippen molar-refractivity contribution in [3.05, 3.63) is 66.4 Å².